The first-order valence-corrected chi connectivity index (χ1v) is 14.3. The van der Waals surface area contributed by atoms with Crippen LogP contribution < -0.4 is 13.1 Å². The summed E-state index contributed by atoms with van der Waals surface area (Å²) >= 11 is 2.09. The van der Waals surface area contributed by atoms with Gasteiger partial charge in [-0.25, -0.2) is 0 Å². The monoisotopic (exact) mass is 524 g/mol. The van der Waals surface area contributed by atoms with Crippen molar-refractivity contribution in [3.8, 4) is 0 Å². The molecule has 0 radical (unpaired) electrons. The first-order valence-electron chi connectivity index (χ1n) is 10.7. The Morgan fingerprint density at radius 3 is 1.07 bits per heavy atom. The molecule has 0 bridgehead atoms. The predicted molar refractivity (Wildman–Crippen MR) is 139 cm³/mol. The molecule has 0 spiro atoms. The Labute approximate surface area is 196 Å². The van der Waals surface area contributed by atoms with Crippen LogP contribution >= 0.6 is 15.9 Å². The molecule has 0 atom stereocenters. The molecule has 0 aliphatic rings. The van der Waals surface area contributed by atoms with Crippen LogP contribution in [0.4, 0.5) is 0 Å². The molecule has 3 aromatic carbocycles. The molecule has 0 fully saturated rings. The zero-order valence-corrected chi connectivity index (χ0v) is 23.6. The second-order valence-corrected chi connectivity index (χ2v) is 14.0. The van der Waals surface area contributed by atoms with Crippen molar-refractivity contribution in [2.75, 3.05) is 0 Å². The Morgan fingerprint density at radius 1 is 0.467 bits per heavy atom. The van der Waals surface area contributed by atoms with Gasteiger partial charge in [-0.15, -0.1) is 0 Å². The zero-order valence-electron chi connectivity index (χ0n) is 20.1. The Balaban J connectivity index is 2.53. The molecule has 0 saturated heterocycles. The molecule has 0 amide bonds. The van der Waals surface area contributed by atoms with E-state index in [0.717, 1.165) is 0 Å². The summed E-state index contributed by atoms with van der Waals surface area (Å²) in [6.45, 7) is 22.9. The van der Waals surface area contributed by atoms with Gasteiger partial charge in [0.15, 0.2) is 0 Å². The van der Waals surface area contributed by atoms with E-state index >= 15 is 0 Å². The molecule has 30 heavy (non-hydrogen) atoms. The van der Waals surface area contributed by atoms with Gasteiger partial charge in [0.1, 0.15) is 0 Å². The zero-order chi connectivity index (χ0) is 22.5. The molecular weight excluding hydrogens is 491 g/mol. The second kappa shape index (κ2) is 8.68. The number of aryl methyl sites for hydroxylation is 6. The van der Waals surface area contributed by atoms with Crippen molar-refractivity contribution in [1.29, 1.82) is 0 Å². The maximum atomic E-state index is 3.87. The van der Waals surface area contributed by atoms with Crippen molar-refractivity contribution in [3.63, 3.8) is 0 Å². The summed E-state index contributed by atoms with van der Waals surface area (Å²) in [4.78, 5) is 0. The van der Waals surface area contributed by atoms with Gasteiger partial charge in [-0.2, -0.15) is 0 Å². The third kappa shape index (κ3) is 3.96. The van der Waals surface area contributed by atoms with E-state index in [-0.39, 0.29) is 0 Å². The van der Waals surface area contributed by atoms with Gasteiger partial charge in [0, 0.05) is 0 Å². The summed E-state index contributed by atoms with van der Waals surface area (Å²) in [6, 6.07) is 9.52. The van der Waals surface area contributed by atoms with Crippen LogP contribution in [0.2, 0.25) is 0 Å². The third-order valence-electron chi connectivity index (χ3n) is 6.44. The van der Waals surface area contributed by atoms with E-state index in [9.17, 15) is 0 Å². The van der Waals surface area contributed by atoms with E-state index in [1.54, 1.807) is 13.1 Å². The SMILES string of the molecule is Cc1cc(C)c([As](c2c(C)cc(C)cc2C)c2c(C)c(C)c(Br)c(C)c2C)c(C)c1. The summed E-state index contributed by atoms with van der Waals surface area (Å²) in [7, 11) is 0. The average molecular weight is 525 g/mol. The molecule has 0 N–H and O–H groups in total. The first-order chi connectivity index (χ1) is 14.0. The Morgan fingerprint density at radius 2 is 0.767 bits per heavy atom. The first kappa shape index (κ1) is 23.4. The fraction of sp³-hybridized carbons (Fsp3) is 0.357. The number of rotatable bonds is 3. The maximum absolute atomic E-state index is 3.87. The molecule has 0 aliphatic carbocycles. The van der Waals surface area contributed by atoms with E-state index < -0.39 is 14.7 Å². The molecule has 0 aliphatic heterocycles. The second-order valence-electron chi connectivity index (χ2n) is 8.99. The van der Waals surface area contributed by atoms with Crippen LogP contribution in [-0.2, 0) is 0 Å². The molecule has 158 valence electrons. The standard InChI is InChI=1S/C28H34AsBr/c1-15-11-17(3)25(18(4)12-15)29(26-19(5)13-16(2)14-20(26)6)27-21(7)23(9)28(30)24(10)22(27)8/h11-14H,1-10H3. The number of halogens is 1. The minimum absolute atomic E-state index is 1.27. The topological polar surface area (TPSA) is 0 Å². The van der Waals surface area contributed by atoms with Gasteiger partial charge < -0.3 is 0 Å². The van der Waals surface area contributed by atoms with Crippen LogP contribution in [-0.4, -0.2) is 14.7 Å². The summed E-state index contributed by atoms with van der Waals surface area (Å²) in [6.07, 6.45) is 0. The van der Waals surface area contributed by atoms with Crippen LogP contribution in [0.3, 0.4) is 0 Å². The van der Waals surface area contributed by atoms with Crippen LogP contribution in [0.15, 0.2) is 28.7 Å². The van der Waals surface area contributed by atoms with E-state index in [0.29, 0.717) is 0 Å². The number of benzene rings is 3. The summed E-state index contributed by atoms with van der Waals surface area (Å²) in [5.74, 6) is 0. The average Bonchev–Trinajstić information content (AvgIpc) is 2.63. The molecule has 2 heteroatoms. The van der Waals surface area contributed by atoms with Crippen LogP contribution in [0.5, 0.6) is 0 Å². The van der Waals surface area contributed by atoms with Crippen molar-refractivity contribution in [2.45, 2.75) is 69.2 Å². The molecule has 3 aromatic rings. The Hall–Kier alpha value is -1.30. The van der Waals surface area contributed by atoms with Gasteiger partial charge in [-0.3, -0.25) is 0 Å². The molecule has 0 saturated carbocycles. The molecule has 3 rings (SSSR count). The van der Waals surface area contributed by atoms with Gasteiger partial charge in [-0.05, 0) is 0 Å². The molecule has 0 unspecified atom stereocenters. The number of hydrogen-bond donors (Lipinski definition) is 0. The van der Waals surface area contributed by atoms with Gasteiger partial charge in [0.2, 0.25) is 0 Å². The normalized spacial score (nSPS) is 11.5. The van der Waals surface area contributed by atoms with Gasteiger partial charge in [-0.1, -0.05) is 0 Å². The van der Waals surface area contributed by atoms with Crippen molar-refractivity contribution in [1.82, 2.24) is 0 Å². The molecule has 0 nitrogen and oxygen atoms in total. The number of hydrogen-bond acceptors (Lipinski definition) is 0. The third-order valence-corrected chi connectivity index (χ3v) is 14.8. The minimum atomic E-state index is -1.78. The van der Waals surface area contributed by atoms with Crippen molar-refractivity contribution in [2.24, 2.45) is 0 Å². The van der Waals surface area contributed by atoms with Gasteiger partial charge in [0.05, 0.1) is 0 Å². The molecular formula is C28H34AsBr. The van der Waals surface area contributed by atoms with Crippen LogP contribution in [0.1, 0.15) is 55.6 Å². The van der Waals surface area contributed by atoms with Gasteiger partial charge in [0.25, 0.3) is 0 Å². The van der Waals surface area contributed by atoms with E-state index in [1.165, 1.54) is 60.1 Å². The fourth-order valence-corrected chi connectivity index (χ4v) is 12.6. The molecule has 0 aromatic heterocycles. The Kier molecular flexibility index (Phi) is 6.76. The Bertz CT molecular complexity index is 1020. The van der Waals surface area contributed by atoms with E-state index in [1.807, 2.05) is 0 Å². The van der Waals surface area contributed by atoms with E-state index in [4.69, 9.17) is 0 Å². The van der Waals surface area contributed by atoms with Crippen LogP contribution in [0.25, 0.3) is 0 Å². The predicted octanol–water partition coefficient (Wildman–Crippen LogP) is 6.05. The summed E-state index contributed by atoms with van der Waals surface area (Å²) in [5.41, 5.74) is 14.2. The van der Waals surface area contributed by atoms with Gasteiger partial charge >= 0.3 is 197 Å². The summed E-state index contributed by atoms with van der Waals surface area (Å²) in [5, 5.41) is 0. The van der Waals surface area contributed by atoms with Crippen molar-refractivity contribution >= 4 is 43.6 Å². The molecule has 0 heterocycles. The quantitative estimate of drug-likeness (QED) is 0.366. The van der Waals surface area contributed by atoms with Crippen LogP contribution in [0, 0.1) is 69.2 Å². The van der Waals surface area contributed by atoms with Crippen molar-refractivity contribution < 1.29 is 0 Å². The fourth-order valence-electron chi connectivity index (χ4n) is 4.97. The van der Waals surface area contributed by atoms with Crippen molar-refractivity contribution in [3.05, 3.63) is 84.4 Å². The summed E-state index contributed by atoms with van der Waals surface area (Å²) < 4.78 is 6.10. The van der Waals surface area contributed by atoms with E-state index in [2.05, 4.69) is 109 Å².